The Morgan fingerprint density at radius 2 is 2.09 bits per heavy atom. The minimum absolute atomic E-state index is 0.00486. The summed E-state index contributed by atoms with van der Waals surface area (Å²) in [4.78, 5) is 25.2. The maximum absolute atomic E-state index is 14.3. The van der Waals surface area contributed by atoms with Gasteiger partial charge in [0, 0.05) is 24.9 Å². The molecule has 5 heterocycles. The van der Waals surface area contributed by atoms with Crippen molar-refractivity contribution in [3.8, 4) is 0 Å². The highest BCUT2D eigenvalue weighted by Gasteiger charge is 2.46. The van der Waals surface area contributed by atoms with Gasteiger partial charge >= 0.3 is 6.18 Å². The smallest absolute Gasteiger partial charge is 0.432 e. The molecule has 0 aromatic carbocycles. The number of nitrogens with one attached hydrogen (secondary N) is 1. The highest BCUT2D eigenvalue weighted by Crippen LogP contribution is 2.38. The van der Waals surface area contributed by atoms with Crippen LogP contribution in [0.3, 0.4) is 0 Å². The van der Waals surface area contributed by atoms with Crippen LogP contribution in [0, 0.1) is 5.82 Å². The van der Waals surface area contributed by atoms with E-state index in [4.69, 9.17) is 4.42 Å². The molecule has 178 valence electrons. The number of H-pyrrole nitrogens is 1. The fourth-order valence-corrected chi connectivity index (χ4v) is 3.98. The number of carbonyl (C=O) groups is 1. The lowest BCUT2D eigenvalue weighted by molar-refractivity contribution is -0.141. The number of hydrogen-bond acceptors (Lipinski definition) is 6. The van der Waals surface area contributed by atoms with Crippen molar-refractivity contribution in [2.45, 2.75) is 38.1 Å². The van der Waals surface area contributed by atoms with Crippen LogP contribution in [0.15, 0.2) is 35.1 Å². The number of pyridine rings is 1. The van der Waals surface area contributed by atoms with Crippen LogP contribution in [-0.2, 0) is 18.2 Å². The summed E-state index contributed by atoms with van der Waals surface area (Å²) in [6.45, 7) is 2.39. The SMILES string of the molecule is CC(C)(O)c1nc(C(F)(F)F)c(C(=O)N2CCc3[nH]cnc3C2c2cc3c(F)cccn3n2)o1. The number of imidazole rings is 1. The average molecular weight is 478 g/mol. The summed E-state index contributed by atoms with van der Waals surface area (Å²) >= 11 is 0. The Labute approximate surface area is 189 Å². The molecule has 0 aliphatic carbocycles. The van der Waals surface area contributed by atoms with E-state index >= 15 is 0 Å². The number of aromatic amines is 1. The van der Waals surface area contributed by atoms with E-state index in [2.05, 4.69) is 20.1 Å². The monoisotopic (exact) mass is 478 g/mol. The summed E-state index contributed by atoms with van der Waals surface area (Å²) in [6, 6.07) is 3.09. The van der Waals surface area contributed by atoms with Crippen molar-refractivity contribution in [3.63, 3.8) is 0 Å². The third kappa shape index (κ3) is 3.52. The van der Waals surface area contributed by atoms with Gasteiger partial charge in [0.1, 0.15) is 23.0 Å². The van der Waals surface area contributed by atoms with Crippen LogP contribution in [0.25, 0.3) is 5.52 Å². The minimum Gasteiger partial charge on any atom is -0.432 e. The minimum atomic E-state index is -5.01. The van der Waals surface area contributed by atoms with E-state index in [9.17, 15) is 27.5 Å². The Morgan fingerprint density at radius 1 is 1.32 bits per heavy atom. The highest BCUT2D eigenvalue weighted by molar-refractivity contribution is 5.93. The van der Waals surface area contributed by atoms with Crippen molar-refractivity contribution in [3.05, 3.63) is 71.0 Å². The van der Waals surface area contributed by atoms with E-state index in [-0.39, 0.29) is 24.2 Å². The van der Waals surface area contributed by atoms with Crippen molar-refractivity contribution < 1.29 is 31.9 Å². The lowest BCUT2D eigenvalue weighted by atomic mass is 9.99. The van der Waals surface area contributed by atoms with Crippen LogP contribution in [0.4, 0.5) is 17.6 Å². The number of oxazole rings is 1. The van der Waals surface area contributed by atoms with E-state index < -0.39 is 46.9 Å². The second-order valence-electron chi connectivity index (χ2n) is 8.43. The van der Waals surface area contributed by atoms with Crippen molar-refractivity contribution in [1.82, 2.24) is 29.5 Å². The quantitative estimate of drug-likeness (QED) is 0.438. The molecular weight excluding hydrogens is 460 g/mol. The normalized spacial score (nSPS) is 16.8. The molecule has 0 radical (unpaired) electrons. The summed E-state index contributed by atoms with van der Waals surface area (Å²) in [6.07, 6.45) is -1.81. The van der Waals surface area contributed by atoms with E-state index in [0.717, 1.165) is 4.90 Å². The van der Waals surface area contributed by atoms with Gasteiger partial charge in [-0.05, 0) is 32.0 Å². The number of carbonyl (C=O) groups excluding carboxylic acids is 1. The topological polar surface area (TPSA) is 113 Å². The van der Waals surface area contributed by atoms with Crippen molar-refractivity contribution in [2.75, 3.05) is 6.54 Å². The molecule has 4 aromatic rings. The Bertz CT molecular complexity index is 1400. The fraction of sp³-hybridized carbons (Fsp3) is 0.333. The van der Waals surface area contributed by atoms with Crippen molar-refractivity contribution in [1.29, 1.82) is 0 Å². The van der Waals surface area contributed by atoms with Gasteiger partial charge in [0.05, 0.1) is 17.7 Å². The number of fused-ring (bicyclic) bond motifs is 2. The van der Waals surface area contributed by atoms with Crippen molar-refractivity contribution in [2.24, 2.45) is 0 Å². The molecule has 0 saturated carbocycles. The zero-order chi connectivity index (χ0) is 24.4. The molecule has 1 aliphatic heterocycles. The lowest BCUT2D eigenvalue weighted by Crippen LogP contribution is -2.41. The predicted molar refractivity (Wildman–Crippen MR) is 107 cm³/mol. The number of aromatic nitrogens is 5. The predicted octanol–water partition coefficient (Wildman–Crippen LogP) is 3.22. The third-order valence-corrected chi connectivity index (χ3v) is 5.55. The molecule has 0 fully saturated rings. The largest absolute Gasteiger partial charge is 0.437 e. The maximum atomic E-state index is 14.3. The van der Waals surface area contributed by atoms with Crippen LogP contribution in [0.1, 0.15) is 59.1 Å². The first-order chi connectivity index (χ1) is 15.9. The highest BCUT2D eigenvalue weighted by atomic mass is 19.4. The Morgan fingerprint density at radius 3 is 2.76 bits per heavy atom. The molecule has 1 aliphatic rings. The zero-order valence-corrected chi connectivity index (χ0v) is 17.9. The Kier molecular flexibility index (Phi) is 4.79. The van der Waals surface area contributed by atoms with Gasteiger partial charge in [0.15, 0.2) is 5.69 Å². The van der Waals surface area contributed by atoms with Gasteiger partial charge in [-0.1, -0.05) is 0 Å². The van der Waals surface area contributed by atoms with E-state index in [1.165, 1.54) is 49.1 Å². The van der Waals surface area contributed by atoms with Gasteiger partial charge in [-0.2, -0.15) is 18.3 Å². The summed E-state index contributed by atoms with van der Waals surface area (Å²) in [7, 11) is 0. The van der Waals surface area contributed by atoms with E-state index in [1.54, 1.807) is 0 Å². The van der Waals surface area contributed by atoms with Crippen LogP contribution >= 0.6 is 0 Å². The number of rotatable bonds is 3. The molecule has 0 spiro atoms. The molecule has 0 bridgehead atoms. The molecule has 4 aromatic heterocycles. The molecule has 5 rings (SSSR count). The van der Waals surface area contributed by atoms with Gasteiger partial charge in [-0.15, -0.1) is 0 Å². The molecule has 1 unspecified atom stereocenters. The molecule has 0 saturated heterocycles. The first kappa shape index (κ1) is 22.1. The van der Waals surface area contributed by atoms with Gasteiger partial charge < -0.3 is 19.4 Å². The standard InChI is InChI=1S/C21H18F4N6O3/c1-20(2,33)19-28-17(21(23,24)25)16(34-19)18(32)30-7-5-11-14(27-9-26-11)15(30)12-8-13-10(22)4-3-6-31(13)29-12/h3-4,6,8-9,15,33H,5,7H2,1-2H3,(H,26,27). The molecule has 2 N–H and O–H groups in total. The summed E-state index contributed by atoms with van der Waals surface area (Å²) in [5.74, 6) is -3.36. The molecular formula is C21H18F4N6O3. The zero-order valence-electron chi connectivity index (χ0n) is 17.9. The fourth-order valence-electron chi connectivity index (χ4n) is 3.98. The van der Waals surface area contributed by atoms with Gasteiger partial charge in [0.25, 0.3) is 5.91 Å². The average Bonchev–Trinajstić information content (AvgIpc) is 3.48. The first-order valence-corrected chi connectivity index (χ1v) is 10.2. The van der Waals surface area contributed by atoms with Gasteiger partial charge in [-0.25, -0.2) is 18.9 Å². The third-order valence-electron chi connectivity index (χ3n) is 5.55. The molecule has 34 heavy (non-hydrogen) atoms. The van der Waals surface area contributed by atoms with Crippen LogP contribution in [-0.4, -0.2) is 47.0 Å². The Balaban J connectivity index is 1.65. The van der Waals surface area contributed by atoms with E-state index in [1.807, 2.05) is 0 Å². The number of aliphatic hydroxyl groups is 1. The van der Waals surface area contributed by atoms with Crippen LogP contribution < -0.4 is 0 Å². The Hall–Kier alpha value is -3.74. The van der Waals surface area contributed by atoms with Crippen molar-refractivity contribution >= 4 is 11.4 Å². The number of hydrogen-bond donors (Lipinski definition) is 2. The van der Waals surface area contributed by atoms with Gasteiger partial charge in [0.2, 0.25) is 11.7 Å². The van der Waals surface area contributed by atoms with Crippen LogP contribution in [0.2, 0.25) is 0 Å². The number of nitrogens with zero attached hydrogens (tertiary/aromatic N) is 5. The summed E-state index contributed by atoms with van der Waals surface area (Å²) < 4.78 is 61.9. The molecule has 13 heteroatoms. The molecule has 1 atom stereocenters. The maximum Gasteiger partial charge on any atom is 0.437 e. The summed E-state index contributed by atoms with van der Waals surface area (Å²) in [5.41, 5.74) is -2.00. The van der Waals surface area contributed by atoms with Crippen LogP contribution in [0.5, 0.6) is 0 Å². The number of alkyl halides is 3. The lowest BCUT2D eigenvalue weighted by Gasteiger charge is -2.33. The number of halogens is 4. The number of amides is 1. The first-order valence-electron chi connectivity index (χ1n) is 10.2. The second-order valence-corrected chi connectivity index (χ2v) is 8.43. The molecule has 9 nitrogen and oxygen atoms in total. The molecule has 1 amide bonds. The second kappa shape index (κ2) is 7.38. The summed E-state index contributed by atoms with van der Waals surface area (Å²) in [5, 5.41) is 14.5. The van der Waals surface area contributed by atoms with E-state index in [0.29, 0.717) is 11.4 Å². The van der Waals surface area contributed by atoms with Gasteiger partial charge in [-0.3, -0.25) is 4.79 Å².